The van der Waals surface area contributed by atoms with Crippen LogP contribution in [0.4, 0.5) is 0 Å². The zero-order valence-electron chi connectivity index (χ0n) is 7.77. The predicted octanol–water partition coefficient (Wildman–Crippen LogP) is 1.20. The highest BCUT2D eigenvalue weighted by Gasteiger charge is 2.46. The number of rotatable bonds is 2. The van der Waals surface area contributed by atoms with Crippen LogP contribution in [0.15, 0.2) is 0 Å². The standard InChI is InChI=1S/C9H14N2O/c1-8(2,6-10)11-7(12)9(3)4-5-9/h4-5H2,1-3H3,(H,11,12). The molecular weight excluding hydrogens is 152 g/mol. The first-order chi connectivity index (χ1) is 5.40. The molecule has 0 aromatic heterocycles. The van der Waals surface area contributed by atoms with E-state index in [2.05, 4.69) is 5.32 Å². The molecule has 0 unspecified atom stereocenters. The molecule has 1 amide bonds. The Labute approximate surface area is 72.8 Å². The van der Waals surface area contributed by atoms with Gasteiger partial charge in [0.05, 0.1) is 6.07 Å². The zero-order valence-corrected chi connectivity index (χ0v) is 7.77. The third-order valence-corrected chi connectivity index (χ3v) is 2.25. The fourth-order valence-electron chi connectivity index (χ4n) is 0.877. The van der Waals surface area contributed by atoms with Crippen molar-refractivity contribution >= 4 is 5.91 Å². The largest absolute Gasteiger partial charge is 0.338 e. The first-order valence-corrected chi connectivity index (χ1v) is 4.13. The Morgan fingerprint density at radius 3 is 2.42 bits per heavy atom. The van der Waals surface area contributed by atoms with Gasteiger partial charge in [0.25, 0.3) is 0 Å². The highest BCUT2D eigenvalue weighted by Crippen LogP contribution is 2.45. The smallest absolute Gasteiger partial charge is 0.227 e. The monoisotopic (exact) mass is 166 g/mol. The average Bonchev–Trinajstić information content (AvgIpc) is 2.69. The summed E-state index contributed by atoms with van der Waals surface area (Å²) in [5.41, 5.74) is -0.920. The molecule has 0 spiro atoms. The summed E-state index contributed by atoms with van der Waals surface area (Å²) in [5, 5.41) is 11.4. The number of nitrogens with zero attached hydrogens (tertiary/aromatic N) is 1. The van der Waals surface area contributed by atoms with E-state index in [0.29, 0.717) is 0 Å². The molecule has 0 aromatic rings. The lowest BCUT2D eigenvalue weighted by molar-refractivity contribution is -0.126. The lowest BCUT2D eigenvalue weighted by Crippen LogP contribution is -2.45. The van der Waals surface area contributed by atoms with E-state index in [1.54, 1.807) is 13.8 Å². The van der Waals surface area contributed by atoms with Gasteiger partial charge in [0.1, 0.15) is 5.54 Å². The summed E-state index contributed by atoms with van der Waals surface area (Å²) in [5.74, 6) is 0.00838. The molecule has 0 atom stereocenters. The highest BCUT2D eigenvalue weighted by atomic mass is 16.2. The van der Waals surface area contributed by atoms with Gasteiger partial charge in [0, 0.05) is 5.41 Å². The first-order valence-electron chi connectivity index (χ1n) is 4.13. The van der Waals surface area contributed by atoms with Crippen LogP contribution in [0.5, 0.6) is 0 Å². The zero-order chi connectivity index (χ0) is 9.41. The average molecular weight is 166 g/mol. The molecular formula is C9H14N2O. The van der Waals surface area contributed by atoms with Gasteiger partial charge in [-0.05, 0) is 26.7 Å². The van der Waals surface area contributed by atoms with Crippen molar-refractivity contribution in [3.8, 4) is 6.07 Å². The van der Waals surface area contributed by atoms with Crippen LogP contribution < -0.4 is 5.32 Å². The van der Waals surface area contributed by atoms with Crippen LogP contribution in [-0.4, -0.2) is 11.4 Å². The summed E-state index contributed by atoms with van der Waals surface area (Å²) in [6, 6.07) is 2.04. The molecule has 66 valence electrons. The van der Waals surface area contributed by atoms with E-state index in [0.717, 1.165) is 12.8 Å². The fourth-order valence-corrected chi connectivity index (χ4v) is 0.877. The molecule has 3 nitrogen and oxygen atoms in total. The Kier molecular flexibility index (Phi) is 1.87. The molecule has 12 heavy (non-hydrogen) atoms. The minimum Gasteiger partial charge on any atom is -0.338 e. The molecule has 1 rings (SSSR count). The van der Waals surface area contributed by atoms with Gasteiger partial charge in [0.15, 0.2) is 0 Å². The molecule has 1 fully saturated rings. The van der Waals surface area contributed by atoms with E-state index in [1.165, 1.54) is 0 Å². The van der Waals surface area contributed by atoms with E-state index in [9.17, 15) is 4.79 Å². The van der Waals surface area contributed by atoms with E-state index in [4.69, 9.17) is 5.26 Å². The minimum absolute atomic E-state index is 0.00838. The van der Waals surface area contributed by atoms with E-state index in [-0.39, 0.29) is 11.3 Å². The van der Waals surface area contributed by atoms with Crippen molar-refractivity contribution in [1.29, 1.82) is 5.26 Å². The van der Waals surface area contributed by atoms with Crippen LogP contribution in [0.25, 0.3) is 0 Å². The van der Waals surface area contributed by atoms with Gasteiger partial charge in [-0.3, -0.25) is 4.79 Å². The molecule has 1 N–H and O–H groups in total. The second-order valence-electron chi connectivity index (χ2n) is 4.25. The van der Waals surface area contributed by atoms with Crippen molar-refractivity contribution in [2.45, 2.75) is 39.2 Å². The van der Waals surface area contributed by atoms with Gasteiger partial charge >= 0.3 is 0 Å². The van der Waals surface area contributed by atoms with Crippen molar-refractivity contribution < 1.29 is 4.79 Å². The Morgan fingerprint density at radius 1 is 1.58 bits per heavy atom. The Balaban J connectivity index is 2.53. The fraction of sp³-hybridized carbons (Fsp3) is 0.778. The maximum absolute atomic E-state index is 11.4. The molecule has 0 aromatic carbocycles. The third kappa shape index (κ3) is 1.76. The van der Waals surface area contributed by atoms with Gasteiger partial charge in [0.2, 0.25) is 5.91 Å². The normalized spacial score (nSPS) is 19.5. The van der Waals surface area contributed by atoms with Crippen LogP contribution in [0, 0.1) is 16.7 Å². The predicted molar refractivity (Wildman–Crippen MR) is 45.2 cm³/mol. The van der Waals surface area contributed by atoms with E-state index >= 15 is 0 Å². The van der Waals surface area contributed by atoms with Gasteiger partial charge in [-0.15, -0.1) is 0 Å². The molecule has 0 aliphatic heterocycles. The molecule has 1 saturated carbocycles. The number of nitriles is 1. The molecule has 1 aliphatic rings. The lowest BCUT2D eigenvalue weighted by atomic mass is 10.0. The summed E-state index contributed by atoms with van der Waals surface area (Å²) in [7, 11) is 0. The van der Waals surface area contributed by atoms with Crippen molar-refractivity contribution in [3.05, 3.63) is 0 Å². The summed E-state index contributed by atoms with van der Waals surface area (Å²) in [4.78, 5) is 11.4. The molecule has 3 heteroatoms. The van der Waals surface area contributed by atoms with Crippen LogP contribution in [0.1, 0.15) is 33.6 Å². The first kappa shape index (κ1) is 9.05. The SMILES string of the molecule is CC(C)(C#N)NC(=O)C1(C)CC1. The van der Waals surface area contributed by atoms with Gasteiger partial charge in [-0.1, -0.05) is 6.92 Å². The maximum atomic E-state index is 11.4. The molecule has 1 aliphatic carbocycles. The Hall–Kier alpha value is -1.04. The van der Waals surface area contributed by atoms with Gasteiger partial charge < -0.3 is 5.32 Å². The number of hydrogen-bond donors (Lipinski definition) is 1. The van der Waals surface area contributed by atoms with Gasteiger partial charge in [-0.25, -0.2) is 0 Å². The van der Waals surface area contributed by atoms with E-state index < -0.39 is 5.54 Å². The summed E-state index contributed by atoms with van der Waals surface area (Å²) < 4.78 is 0. The van der Waals surface area contributed by atoms with Crippen LogP contribution in [-0.2, 0) is 4.79 Å². The summed E-state index contributed by atoms with van der Waals surface area (Å²) in [6.07, 6.45) is 1.89. The Morgan fingerprint density at radius 2 is 2.08 bits per heavy atom. The van der Waals surface area contributed by atoms with E-state index in [1.807, 2.05) is 13.0 Å². The summed E-state index contributed by atoms with van der Waals surface area (Å²) >= 11 is 0. The number of amides is 1. The summed E-state index contributed by atoms with van der Waals surface area (Å²) in [6.45, 7) is 5.34. The van der Waals surface area contributed by atoms with Crippen molar-refractivity contribution in [2.24, 2.45) is 5.41 Å². The molecule has 0 bridgehead atoms. The quantitative estimate of drug-likeness (QED) is 0.670. The number of hydrogen-bond acceptors (Lipinski definition) is 2. The highest BCUT2D eigenvalue weighted by molar-refractivity contribution is 5.85. The molecule has 0 heterocycles. The molecule has 0 radical (unpaired) electrons. The van der Waals surface area contributed by atoms with Crippen LogP contribution in [0.3, 0.4) is 0 Å². The maximum Gasteiger partial charge on any atom is 0.227 e. The number of carbonyl (C=O) groups is 1. The third-order valence-electron chi connectivity index (χ3n) is 2.25. The second kappa shape index (κ2) is 2.48. The van der Waals surface area contributed by atoms with Gasteiger partial charge in [-0.2, -0.15) is 5.26 Å². The van der Waals surface area contributed by atoms with Crippen LogP contribution in [0.2, 0.25) is 0 Å². The second-order valence-corrected chi connectivity index (χ2v) is 4.25. The lowest BCUT2D eigenvalue weighted by Gasteiger charge is -2.20. The number of carbonyl (C=O) groups excluding carboxylic acids is 1. The van der Waals surface area contributed by atoms with Crippen LogP contribution >= 0.6 is 0 Å². The minimum atomic E-state index is -0.733. The topological polar surface area (TPSA) is 52.9 Å². The van der Waals surface area contributed by atoms with Crippen molar-refractivity contribution in [2.75, 3.05) is 0 Å². The Bertz CT molecular complexity index is 246. The van der Waals surface area contributed by atoms with Crippen molar-refractivity contribution in [1.82, 2.24) is 5.32 Å². The van der Waals surface area contributed by atoms with Crippen molar-refractivity contribution in [3.63, 3.8) is 0 Å². The number of nitrogens with one attached hydrogen (secondary N) is 1. The molecule has 0 saturated heterocycles.